The Hall–Kier alpha value is -4.06. The summed E-state index contributed by atoms with van der Waals surface area (Å²) < 4.78 is 0. The highest BCUT2D eigenvalue weighted by molar-refractivity contribution is 6.31. The number of carbonyl (C=O) groups is 2. The van der Waals surface area contributed by atoms with Gasteiger partial charge in [0.05, 0.1) is 5.57 Å². The van der Waals surface area contributed by atoms with Gasteiger partial charge in [0.1, 0.15) is 5.75 Å². The highest BCUT2D eigenvalue weighted by atomic mass is 16.3. The average Bonchev–Trinajstić information content (AvgIpc) is 3.02. The van der Waals surface area contributed by atoms with Crippen LogP contribution >= 0.6 is 0 Å². The molecule has 6 heteroatoms. The molecule has 1 aliphatic heterocycles. The van der Waals surface area contributed by atoms with E-state index in [1.807, 2.05) is 48.5 Å². The molecule has 3 aromatic carbocycles. The van der Waals surface area contributed by atoms with Crippen LogP contribution in [0.5, 0.6) is 5.75 Å². The molecule has 0 saturated heterocycles. The molecule has 0 spiro atoms. The first-order valence-corrected chi connectivity index (χ1v) is 9.55. The Kier molecular flexibility index (Phi) is 5.22. The van der Waals surface area contributed by atoms with E-state index >= 15 is 0 Å². The first-order chi connectivity index (χ1) is 14.5. The molecule has 1 heterocycles. The van der Waals surface area contributed by atoms with Gasteiger partial charge in [0, 0.05) is 41.8 Å². The van der Waals surface area contributed by atoms with Crippen molar-refractivity contribution >= 4 is 34.4 Å². The molecular formula is C24H21N3O3. The summed E-state index contributed by atoms with van der Waals surface area (Å²) in [6, 6.07) is 20.3. The molecule has 30 heavy (non-hydrogen) atoms. The minimum Gasteiger partial charge on any atom is -0.508 e. The monoisotopic (exact) mass is 399 g/mol. The summed E-state index contributed by atoms with van der Waals surface area (Å²) in [6.07, 6.45) is 2.36. The molecule has 0 atom stereocenters. The maximum absolute atomic E-state index is 12.4. The van der Waals surface area contributed by atoms with Crippen LogP contribution in [0.1, 0.15) is 23.6 Å². The molecule has 0 radical (unpaired) electrons. The standard InChI is InChI=1S/C24H21N3O3/c1-15(28)26-18-8-5-16(6-9-18)11-17-7-10-23-21(12-17)22(24(30)27-23)14-25-19-3-2-4-20(29)13-19/h2-10,12-14,25,29H,11H2,1H3,(H,26,28)(H,27,30)/b22-14+. The van der Waals surface area contributed by atoms with Gasteiger partial charge in [0.2, 0.25) is 5.91 Å². The second-order valence-corrected chi connectivity index (χ2v) is 7.14. The number of rotatable bonds is 5. The average molecular weight is 399 g/mol. The minimum absolute atomic E-state index is 0.0998. The molecule has 3 aromatic rings. The van der Waals surface area contributed by atoms with Crippen molar-refractivity contribution in [2.24, 2.45) is 0 Å². The van der Waals surface area contributed by atoms with E-state index in [-0.39, 0.29) is 17.6 Å². The number of anilines is 3. The van der Waals surface area contributed by atoms with E-state index in [9.17, 15) is 14.7 Å². The van der Waals surface area contributed by atoms with E-state index < -0.39 is 0 Å². The number of hydrogen-bond donors (Lipinski definition) is 4. The normalized spacial score (nSPS) is 13.6. The minimum atomic E-state index is -0.172. The van der Waals surface area contributed by atoms with Crippen molar-refractivity contribution in [2.45, 2.75) is 13.3 Å². The Morgan fingerprint density at radius 3 is 2.50 bits per heavy atom. The van der Waals surface area contributed by atoms with Crippen LogP contribution in [0, 0.1) is 0 Å². The SMILES string of the molecule is CC(=O)Nc1ccc(Cc2ccc3c(c2)/C(=C\Nc2cccc(O)c2)C(=O)N3)cc1. The molecule has 2 amide bonds. The lowest BCUT2D eigenvalue weighted by atomic mass is 9.99. The van der Waals surface area contributed by atoms with Gasteiger partial charge < -0.3 is 21.1 Å². The highest BCUT2D eigenvalue weighted by Gasteiger charge is 2.24. The third-order valence-corrected chi connectivity index (χ3v) is 4.78. The second kappa shape index (κ2) is 8.13. The van der Waals surface area contributed by atoms with Gasteiger partial charge in [0.15, 0.2) is 0 Å². The van der Waals surface area contributed by atoms with E-state index in [0.29, 0.717) is 17.7 Å². The van der Waals surface area contributed by atoms with E-state index in [1.165, 1.54) is 6.92 Å². The van der Waals surface area contributed by atoms with Crippen LogP contribution in [0.15, 0.2) is 72.9 Å². The number of amides is 2. The Balaban J connectivity index is 1.54. The smallest absolute Gasteiger partial charge is 0.257 e. The fraction of sp³-hybridized carbons (Fsp3) is 0.0833. The Morgan fingerprint density at radius 1 is 1.00 bits per heavy atom. The van der Waals surface area contributed by atoms with Crippen molar-refractivity contribution in [3.05, 3.63) is 89.6 Å². The van der Waals surface area contributed by atoms with Crippen molar-refractivity contribution in [1.29, 1.82) is 0 Å². The summed E-state index contributed by atoms with van der Waals surface area (Å²) in [5.74, 6) is -0.117. The maximum Gasteiger partial charge on any atom is 0.257 e. The summed E-state index contributed by atoms with van der Waals surface area (Å²) in [7, 11) is 0. The molecule has 0 saturated carbocycles. The van der Waals surface area contributed by atoms with Gasteiger partial charge in [-0.2, -0.15) is 0 Å². The van der Waals surface area contributed by atoms with Crippen LogP contribution < -0.4 is 16.0 Å². The third-order valence-electron chi connectivity index (χ3n) is 4.78. The molecule has 1 aliphatic rings. The van der Waals surface area contributed by atoms with Crippen molar-refractivity contribution in [1.82, 2.24) is 0 Å². The molecule has 6 nitrogen and oxygen atoms in total. The number of phenolic OH excluding ortho intramolecular Hbond substituents is 1. The largest absolute Gasteiger partial charge is 0.508 e. The summed E-state index contributed by atoms with van der Waals surface area (Å²) >= 11 is 0. The van der Waals surface area contributed by atoms with E-state index in [1.54, 1.807) is 24.4 Å². The fourth-order valence-electron chi connectivity index (χ4n) is 3.38. The van der Waals surface area contributed by atoms with Crippen molar-refractivity contribution in [2.75, 3.05) is 16.0 Å². The summed E-state index contributed by atoms with van der Waals surface area (Å²) in [4.78, 5) is 23.6. The first-order valence-electron chi connectivity index (χ1n) is 9.55. The van der Waals surface area contributed by atoms with Gasteiger partial charge in [-0.1, -0.05) is 24.3 Å². The van der Waals surface area contributed by atoms with Gasteiger partial charge in [-0.15, -0.1) is 0 Å². The second-order valence-electron chi connectivity index (χ2n) is 7.14. The molecule has 0 unspecified atom stereocenters. The van der Waals surface area contributed by atoms with Gasteiger partial charge in [0.25, 0.3) is 5.91 Å². The zero-order valence-corrected chi connectivity index (χ0v) is 16.4. The Bertz CT molecular complexity index is 1150. The molecule has 0 fully saturated rings. The van der Waals surface area contributed by atoms with E-state index in [2.05, 4.69) is 16.0 Å². The molecule has 0 aromatic heterocycles. The highest BCUT2D eigenvalue weighted by Crippen LogP contribution is 2.33. The van der Waals surface area contributed by atoms with E-state index in [0.717, 1.165) is 28.1 Å². The van der Waals surface area contributed by atoms with Crippen LogP contribution in [0.2, 0.25) is 0 Å². The van der Waals surface area contributed by atoms with Gasteiger partial charge in [-0.05, 0) is 53.9 Å². The van der Waals surface area contributed by atoms with Gasteiger partial charge in [-0.3, -0.25) is 9.59 Å². The first kappa shape index (κ1) is 19.3. The van der Waals surface area contributed by atoms with Crippen LogP contribution in [0.4, 0.5) is 17.1 Å². The van der Waals surface area contributed by atoms with Crippen LogP contribution in [-0.4, -0.2) is 16.9 Å². The molecule has 150 valence electrons. The van der Waals surface area contributed by atoms with Crippen LogP contribution in [0.3, 0.4) is 0 Å². The number of phenols is 1. The maximum atomic E-state index is 12.4. The lowest BCUT2D eigenvalue weighted by molar-refractivity contribution is -0.114. The Labute approximate surface area is 174 Å². The number of hydrogen-bond acceptors (Lipinski definition) is 4. The molecule has 0 aliphatic carbocycles. The summed E-state index contributed by atoms with van der Waals surface area (Å²) in [6.45, 7) is 1.48. The zero-order chi connectivity index (χ0) is 21.1. The van der Waals surface area contributed by atoms with Crippen molar-refractivity contribution in [3.63, 3.8) is 0 Å². The summed E-state index contributed by atoms with van der Waals surface area (Å²) in [5, 5.41) is 18.3. The van der Waals surface area contributed by atoms with Gasteiger partial charge in [-0.25, -0.2) is 0 Å². The predicted molar refractivity (Wildman–Crippen MR) is 118 cm³/mol. The number of fused-ring (bicyclic) bond motifs is 1. The van der Waals surface area contributed by atoms with Crippen molar-refractivity contribution in [3.8, 4) is 5.75 Å². The summed E-state index contributed by atoms with van der Waals surface area (Å²) in [5.41, 5.74) is 5.77. The van der Waals surface area contributed by atoms with E-state index in [4.69, 9.17) is 0 Å². The lowest BCUT2D eigenvalue weighted by Crippen LogP contribution is -2.05. The molecule has 4 N–H and O–H groups in total. The molecule has 0 bridgehead atoms. The number of nitrogens with one attached hydrogen (secondary N) is 3. The number of benzene rings is 3. The number of carbonyl (C=O) groups excluding carboxylic acids is 2. The Morgan fingerprint density at radius 2 is 1.77 bits per heavy atom. The van der Waals surface area contributed by atoms with Crippen molar-refractivity contribution < 1.29 is 14.7 Å². The predicted octanol–water partition coefficient (Wildman–Crippen LogP) is 4.35. The quantitative estimate of drug-likeness (QED) is 0.480. The fourth-order valence-corrected chi connectivity index (χ4v) is 3.38. The molecule has 4 rings (SSSR count). The zero-order valence-electron chi connectivity index (χ0n) is 16.4. The third kappa shape index (κ3) is 4.33. The van der Waals surface area contributed by atoms with Crippen LogP contribution in [0.25, 0.3) is 5.57 Å². The van der Waals surface area contributed by atoms with Crippen LogP contribution in [-0.2, 0) is 16.0 Å². The number of aromatic hydroxyl groups is 1. The molecular weight excluding hydrogens is 378 g/mol. The topological polar surface area (TPSA) is 90.5 Å². The lowest BCUT2D eigenvalue weighted by Gasteiger charge is -2.07. The van der Waals surface area contributed by atoms with Gasteiger partial charge >= 0.3 is 0 Å².